The topological polar surface area (TPSA) is 43.1 Å². The van der Waals surface area contributed by atoms with Crippen molar-refractivity contribution in [2.24, 2.45) is 0 Å². The summed E-state index contributed by atoms with van der Waals surface area (Å²) in [5.74, 6) is 0.973. The van der Waals surface area contributed by atoms with Gasteiger partial charge in [0, 0.05) is 18.0 Å². The van der Waals surface area contributed by atoms with E-state index in [-0.39, 0.29) is 5.91 Å². The molecular formula is C21H17ClN4OS. The van der Waals surface area contributed by atoms with Crippen LogP contribution >= 0.6 is 22.9 Å². The van der Waals surface area contributed by atoms with Crippen LogP contribution in [0.5, 0.6) is 0 Å². The second kappa shape index (κ2) is 6.65. The van der Waals surface area contributed by atoms with Gasteiger partial charge in [0.05, 0.1) is 33.7 Å². The van der Waals surface area contributed by atoms with E-state index < -0.39 is 0 Å². The lowest BCUT2D eigenvalue weighted by Gasteiger charge is -2.17. The Balaban J connectivity index is 1.56. The van der Waals surface area contributed by atoms with Crippen molar-refractivity contribution in [2.45, 2.75) is 20.0 Å². The van der Waals surface area contributed by atoms with E-state index in [2.05, 4.69) is 29.7 Å². The van der Waals surface area contributed by atoms with Crippen molar-refractivity contribution in [1.82, 2.24) is 19.2 Å². The number of fused-ring (bicyclic) bond motifs is 1. The first-order valence-corrected chi connectivity index (χ1v) is 10.2. The van der Waals surface area contributed by atoms with Gasteiger partial charge in [-0.2, -0.15) is 5.10 Å². The van der Waals surface area contributed by atoms with Crippen molar-refractivity contribution in [1.29, 1.82) is 0 Å². The second-order valence-corrected chi connectivity index (χ2v) is 8.57. The fourth-order valence-corrected chi connectivity index (χ4v) is 4.62. The van der Waals surface area contributed by atoms with Crippen LogP contribution in [0.15, 0.2) is 60.9 Å². The van der Waals surface area contributed by atoms with Gasteiger partial charge in [0.1, 0.15) is 5.82 Å². The molecule has 0 atom stereocenters. The predicted molar refractivity (Wildman–Crippen MR) is 111 cm³/mol. The van der Waals surface area contributed by atoms with Crippen LogP contribution in [0.1, 0.15) is 26.5 Å². The number of carbonyl (C=O) groups is 1. The van der Waals surface area contributed by atoms with E-state index in [1.165, 1.54) is 16.9 Å². The lowest BCUT2D eigenvalue weighted by Crippen LogP contribution is -2.25. The number of aryl methyl sites for hydroxylation is 1. The molecule has 5 rings (SSSR count). The number of thiophene rings is 1. The maximum absolute atomic E-state index is 12.9. The predicted octanol–water partition coefficient (Wildman–Crippen LogP) is 4.84. The Morgan fingerprint density at radius 2 is 1.93 bits per heavy atom. The lowest BCUT2D eigenvalue weighted by molar-refractivity contribution is 0.0754. The molecule has 28 heavy (non-hydrogen) atoms. The first-order chi connectivity index (χ1) is 13.6. The first-order valence-electron chi connectivity index (χ1n) is 8.96. The summed E-state index contributed by atoms with van der Waals surface area (Å²) >= 11 is 7.31. The maximum Gasteiger partial charge on any atom is 0.264 e. The summed E-state index contributed by atoms with van der Waals surface area (Å²) in [7, 11) is 0. The molecule has 0 bridgehead atoms. The largest absolute Gasteiger partial charge is 0.327 e. The van der Waals surface area contributed by atoms with Crippen LogP contribution < -0.4 is 0 Å². The van der Waals surface area contributed by atoms with E-state index in [1.54, 1.807) is 12.1 Å². The van der Waals surface area contributed by atoms with Gasteiger partial charge in [-0.15, -0.1) is 11.3 Å². The molecule has 3 aromatic heterocycles. The minimum absolute atomic E-state index is 0.00420. The summed E-state index contributed by atoms with van der Waals surface area (Å²) in [4.78, 5) is 15.3. The molecule has 7 heteroatoms. The highest BCUT2D eigenvalue weighted by molar-refractivity contribution is 7.17. The molecule has 0 fully saturated rings. The molecular weight excluding hydrogens is 392 g/mol. The van der Waals surface area contributed by atoms with Crippen LogP contribution in [-0.2, 0) is 13.1 Å². The number of aromatic nitrogens is 3. The Hall–Kier alpha value is -2.83. The number of hydrogen-bond acceptors (Lipinski definition) is 3. The third kappa shape index (κ3) is 2.85. The highest BCUT2D eigenvalue weighted by Crippen LogP contribution is 2.32. The van der Waals surface area contributed by atoms with Crippen molar-refractivity contribution in [3.05, 3.63) is 87.0 Å². The Morgan fingerprint density at radius 1 is 1.11 bits per heavy atom. The maximum atomic E-state index is 12.9. The summed E-state index contributed by atoms with van der Waals surface area (Å²) in [6.45, 7) is 3.10. The monoisotopic (exact) mass is 408 g/mol. The Morgan fingerprint density at radius 3 is 2.64 bits per heavy atom. The van der Waals surface area contributed by atoms with Gasteiger partial charge in [-0.1, -0.05) is 23.7 Å². The molecule has 0 aliphatic carbocycles. The van der Waals surface area contributed by atoms with Crippen molar-refractivity contribution >= 4 is 28.8 Å². The summed E-state index contributed by atoms with van der Waals surface area (Å²) in [6, 6.07) is 15.8. The summed E-state index contributed by atoms with van der Waals surface area (Å²) in [5.41, 5.74) is 4.20. The normalized spacial score (nSPS) is 13.1. The van der Waals surface area contributed by atoms with Crippen LogP contribution in [0.4, 0.5) is 0 Å². The van der Waals surface area contributed by atoms with Crippen molar-refractivity contribution in [2.75, 3.05) is 0 Å². The number of amides is 1. The van der Waals surface area contributed by atoms with Crippen molar-refractivity contribution < 1.29 is 4.79 Å². The number of hydrogen-bond donors (Lipinski definition) is 0. The van der Waals surface area contributed by atoms with Gasteiger partial charge in [-0.25, -0.2) is 4.68 Å². The van der Waals surface area contributed by atoms with E-state index in [4.69, 9.17) is 16.7 Å². The average Bonchev–Trinajstić information content (AvgIpc) is 3.44. The Kier molecular flexibility index (Phi) is 4.10. The second-order valence-electron chi connectivity index (χ2n) is 6.85. The number of nitrogens with zero attached hydrogens (tertiary/aromatic N) is 4. The SMILES string of the molecule is Cc1cccc(-n2nc3c(c2-n2cccc2)CN(C(=O)c2ccc(Cl)s2)C3)c1. The average molecular weight is 409 g/mol. The van der Waals surface area contributed by atoms with Gasteiger partial charge in [0.15, 0.2) is 0 Å². The molecule has 0 saturated heterocycles. The van der Waals surface area contributed by atoms with Crippen LogP contribution in [0, 0.1) is 6.92 Å². The van der Waals surface area contributed by atoms with Gasteiger partial charge >= 0.3 is 0 Å². The van der Waals surface area contributed by atoms with Gasteiger partial charge in [-0.05, 0) is 48.9 Å². The highest BCUT2D eigenvalue weighted by atomic mass is 35.5. The molecule has 4 aromatic rings. The Labute approximate surface area is 171 Å². The van der Waals surface area contributed by atoms with Gasteiger partial charge in [-0.3, -0.25) is 4.79 Å². The zero-order chi connectivity index (χ0) is 19.3. The highest BCUT2D eigenvalue weighted by Gasteiger charge is 2.32. The van der Waals surface area contributed by atoms with Crippen molar-refractivity contribution in [3.63, 3.8) is 0 Å². The molecule has 140 valence electrons. The number of halogens is 1. The van der Waals surface area contributed by atoms with Gasteiger partial charge < -0.3 is 9.47 Å². The fourth-order valence-electron chi connectivity index (χ4n) is 3.61. The standard InChI is InChI=1S/C21H17ClN4OS/c1-14-5-4-6-15(11-14)26-20(24-9-2-3-10-24)16-12-25(13-17(16)23-26)21(27)18-7-8-19(22)28-18/h2-11H,12-13H2,1H3. The van der Waals surface area contributed by atoms with E-state index in [0.717, 1.165) is 22.8 Å². The molecule has 1 aromatic carbocycles. The number of carbonyl (C=O) groups excluding carboxylic acids is 1. The van der Waals surface area contributed by atoms with Crippen LogP contribution in [0.2, 0.25) is 4.34 Å². The van der Waals surface area contributed by atoms with Crippen LogP contribution in [-0.4, -0.2) is 25.2 Å². The lowest BCUT2D eigenvalue weighted by atomic mass is 10.2. The minimum Gasteiger partial charge on any atom is -0.327 e. The number of rotatable bonds is 3. The summed E-state index contributed by atoms with van der Waals surface area (Å²) < 4.78 is 4.66. The smallest absolute Gasteiger partial charge is 0.264 e. The van der Waals surface area contributed by atoms with Gasteiger partial charge in [0.2, 0.25) is 0 Å². The molecule has 5 nitrogen and oxygen atoms in total. The van der Waals surface area contributed by atoms with Crippen LogP contribution in [0.25, 0.3) is 11.5 Å². The van der Waals surface area contributed by atoms with E-state index >= 15 is 0 Å². The first kappa shape index (κ1) is 17.3. The molecule has 1 aliphatic rings. The fraction of sp³-hybridized carbons (Fsp3) is 0.143. The van der Waals surface area contributed by atoms with E-state index in [9.17, 15) is 4.79 Å². The third-order valence-corrected chi connectivity index (χ3v) is 6.11. The zero-order valence-corrected chi connectivity index (χ0v) is 16.7. The molecule has 0 saturated carbocycles. The number of benzene rings is 1. The van der Waals surface area contributed by atoms with E-state index in [1.807, 2.05) is 40.2 Å². The quantitative estimate of drug-likeness (QED) is 0.486. The zero-order valence-electron chi connectivity index (χ0n) is 15.2. The van der Waals surface area contributed by atoms with Crippen molar-refractivity contribution in [3.8, 4) is 11.5 Å². The van der Waals surface area contributed by atoms with Crippen LogP contribution in [0.3, 0.4) is 0 Å². The summed E-state index contributed by atoms with van der Waals surface area (Å²) in [5, 5.41) is 4.87. The minimum atomic E-state index is -0.00420. The molecule has 4 heterocycles. The third-order valence-electron chi connectivity index (χ3n) is 4.90. The molecule has 1 aliphatic heterocycles. The molecule has 0 spiro atoms. The molecule has 0 radical (unpaired) electrons. The molecule has 0 N–H and O–H groups in total. The summed E-state index contributed by atoms with van der Waals surface area (Å²) in [6.07, 6.45) is 4.01. The van der Waals surface area contributed by atoms with Gasteiger partial charge in [0.25, 0.3) is 5.91 Å². The molecule has 0 unspecified atom stereocenters. The Bertz CT molecular complexity index is 1180. The molecule has 1 amide bonds. The van der Waals surface area contributed by atoms with E-state index in [0.29, 0.717) is 22.3 Å².